The summed E-state index contributed by atoms with van der Waals surface area (Å²) in [5.41, 5.74) is -0.316. The van der Waals surface area contributed by atoms with Gasteiger partial charge < -0.3 is 0 Å². The molecule has 0 saturated heterocycles. The summed E-state index contributed by atoms with van der Waals surface area (Å²) in [6, 6.07) is 0. The zero-order valence-corrected chi connectivity index (χ0v) is 6.62. The van der Waals surface area contributed by atoms with E-state index in [0.717, 1.165) is 0 Å². The van der Waals surface area contributed by atoms with Gasteiger partial charge in [-0.05, 0) is 24.9 Å². The van der Waals surface area contributed by atoms with Crippen LogP contribution in [-0.4, -0.2) is 9.70 Å². The third-order valence-electron chi connectivity index (χ3n) is 0.343. The average Bonchev–Trinajstić information content (AvgIpc) is 1.21. The summed E-state index contributed by atoms with van der Waals surface area (Å²) in [4.78, 5) is 4.80. The molecule has 0 saturated carbocycles. The molecule has 0 fully saturated rings. The number of hydrogen-bond acceptors (Lipinski definition) is 2. The first kappa shape index (κ1) is 8.50. The first-order chi connectivity index (χ1) is 3.42. The minimum absolute atomic E-state index is 0.316. The predicted octanol–water partition coefficient (Wildman–Crippen LogP) is 2.33. The summed E-state index contributed by atoms with van der Waals surface area (Å²) in [5, 5.41) is 0. The molecule has 4 heteroatoms. The molecule has 0 unspecified atom stereocenters. The van der Waals surface area contributed by atoms with Crippen molar-refractivity contribution in [3.05, 3.63) is 0 Å². The highest BCUT2D eigenvalue weighted by molar-refractivity contribution is 6.32. The van der Waals surface area contributed by atoms with Crippen LogP contribution in [0, 0.1) is 0 Å². The van der Waals surface area contributed by atoms with Crippen molar-refractivity contribution in [2.45, 2.75) is 26.4 Å². The van der Waals surface area contributed by atoms with E-state index in [9.17, 15) is 0 Å². The van der Waals surface area contributed by atoms with Gasteiger partial charge in [-0.15, -0.1) is 0 Å². The van der Waals surface area contributed by atoms with Crippen molar-refractivity contribution in [2.75, 3.05) is 0 Å². The van der Waals surface area contributed by atoms with Gasteiger partial charge in [-0.3, -0.25) is 4.84 Å². The van der Waals surface area contributed by atoms with Gasteiger partial charge in [-0.1, -0.05) is 0 Å². The fraction of sp³-hybridized carbons (Fsp3) is 1.00. The van der Waals surface area contributed by atoms with Gasteiger partial charge in [0, 0.05) is 23.6 Å². The Morgan fingerprint density at radius 3 is 1.62 bits per heavy atom. The maximum absolute atomic E-state index is 5.14. The lowest BCUT2D eigenvalue weighted by Gasteiger charge is -2.18. The highest BCUT2D eigenvalue weighted by Gasteiger charge is 2.13. The van der Waals surface area contributed by atoms with E-state index < -0.39 is 0 Å². The van der Waals surface area contributed by atoms with E-state index >= 15 is 0 Å². The van der Waals surface area contributed by atoms with Crippen molar-refractivity contribution >= 4 is 23.6 Å². The molecular weight excluding hydrogens is 149 g/mol. The molecule has 0 amide bonds. The van der Waals surface area contributed by atoms with Crippen LogP contribution in [0.1, 0.15) is 20.8 Å². The van der Waals surface area contributed by atoms with Crippen LogP contribution in [0.5, 0.6) is 0 Å². The molecule has 0 aromatic heterocycles. The average molecular weight is 158 g/mol. The predicted molar refractivity (Wildman–Crippen MR) is 34.4 cm³/mol. The molecule has 0 aliphatic carbocycles. The topological polar surface area (TPSA) is 12.5 Å². The molecule has 0 aliphatic heterocycles. The highest BCUT2D eigenvalue weighted by atomic mass is 35.5. The van der Waals surface area contributed by atoms with Crippen LogP contribution < -0.4 is 0 Å². The first-order valence-corrected chi connectivity index (χ1v) is 2.90. The van der Waals surface area contributed by atoms with Gasteiger partial charge >= 0.3 is 0 Å². The van der Waals surface area contributed by atoms with E-state index in [0.29, 0.717) is 4.10 Å². The summed E-state index contributed by atoms with van der Waals surface area (Å²) < 4.78 is 0.653. The van der Waals surface area contributed by atoms with Crippen molar-refractivity contribution in [1.29, 1.82) is 0 Å². The van der Waals surface area contributed by atoms with Gasteiger partial charge in [0.1, 0.15) is 0 Å². The third kappa shape index (κ3) is 6.50. The van der Waals surface area contributed by atoms with Gasteiger partial charge in [0.15, 0.2) is 0 Å². The van der Waals surface area contributed by atoms with Crippen molar-refractivity contribution in [3.63, 3.8) is 0 Å². The van der Waals surface area contributed by atoms with Crippen LogP contribution in [0.15, 0.2) is 0 Å². The monoisotopic (exact) mass is 157 g/mol. The summed E-state index contributed by atoms with van der Waals surface area (Å²) in [7, 11) is 0. The van der Waals surface area contributed by atoms with E-state index in [1.807, 2.05) is 20.8 Å². The van der Waals surface area contributed by atoms with Crippen LogP contribution in [0.25, 0.3) is 0 Å². The van der Waals surface area contributed by atoms with Gasteiger partial charge in [-0.2, -0.15) is 0 Å². The molecule has 0 heterocycles. The standard InChI is InChI=1S/C4H9Cl2NO/c1-4(2,3)8-7(5)6/h1-3H3. The molecule has 0 aromatic carbocycles. The van der Waals surface area contributed by atoms with Gasteiger partial charge in [0.05, 0.1) is 5.60 Å². The number of halogens is 2. The van der Waals surface area contributed by atoms with E-state index in [-0.39, 0.29) is 5.60 Å². The largest absolute Gasteiger partial charge is 0.263 e. The van der Waals surface area contributed by atoms with Gasteiger partial charge in [0.25, 0.3) is 0 Å². The molecule has 0 radical (unpaired) electrons. The van der Waals surface area contributed by atoms with E-state index in [1.54, 1.807) is 0 Å². The molecule has 0 atom stereocenters. The van der Waals surface area contributed by atoms with Crippen LogP contribution in [0.4, 0.5) is 0 Å². The summed E-state index contributed by atoms with van der Waals surface area (Å²) in [6.45, 7) is 5.56. The summed E-state index contributed by atoms with van der Waals surface area (Å²) in [5.74, 6) is 0. The Hall–Kier alpha value is 0.500. The zero-order chi connectivity index (χ0) is 6.78. The SMILES string of the molecule is CC(C)(C)ON(Cl)Cl. The van der Waals surface area contributed by atoms with Crippen molar-refractivity contribution in [1.82, 2.24) is 4.10 Å². The fourth-order valence-corrected chi connectivity index (χ4v) is 0.621. The lowest BCUT2D eigenvalue weighted by atomic mass is 10.2. The quantitative estimate of drug-likeness (QED) is 0.428. The number of rotatable bonds is 1. The van der Waals surface area contributed by atoms with Gasteiger partial charge in [-0.25, -0.2) is 0 Å². The lowest BCUT2D eigenvalue weighted by Crippen LogP contribution is -2.22. The van der Waals surface area contributed by atoms with Crippen LogP contribution in [0.2, 0.25) is 0 Å². The molecule has 0 spiro atoms. The zero-order valence-electron chi connectivity index (χ0n) is 5.11. The Balaban J connectivity index is 3.39. The smallest absolute Gasteiger partial charge is 0.0846 e. The van der Waals surface area contributed by atoms with E-state index in [1.165, 1.54) is 0 Å². The molecule has 0 aromatic rings. The molecular formula is C4H9Cl2NO. The van der Waals surface area contributed by atoms with Crippen LogP contribution in [0.3, 0.4) is 0 Å². The molecule has 0 N–H and O–H groups in total. The minimum atomic E-state index is -0.316. The first-order valence-electron chi connectivity index (χ1n) is 2.22. The van der Waals surface area contributed by atoms with Crippen molar-refractivity contribution in [2.24, 2.45) is 0 Å². The molecule has 2 nitrogen and oxygen atoms in total. The van der Waals surface area contributed by atoms with Crippen molar-refractivity contribution in [3.8, 4) is 0 Å². The molecule has 50 valence electrons. The second-order valence-electron chi connectivity index (χ2n) is 2.41. The summed E-state index contributed by atoms with van der Waals surface area (Å²) in [6.07, 6.45) is 0. The van der Waals surface area contributed by atoms with Crippen LogP contribution in [-0.2, 0) is 4.84 Å². The summed E-state index contributed by atoms with van der Waals surface area (Å²) >= 11 is 10.3. The second kappa shape index (κ2) is 2.87. The van der Waals surface area contributed by atoms with Gasteiger partial charge in [0.2, 0.25) is 0 Å². The van der Waals surface area contributed by atoms with Crippen molar-refractivity contribution < 1.29 is 4.84 Å². The Morgan fingerprint density at radius 1 is 1.25 bits per heavy atom. The van der Waals surface area contributed by atoms with E-state index in [2.05, 4.69) is 0 Å². The Morgan fingerprint density at radius 2 is 1.62 bits per heavy atom. The normalized spacial score (nSPS) is 12.8. The Labute approximate surface area is 59.5 Å². The molecule has 0 bridgehead atoms. The highest BCUT2D eigenvalue weighted by Crippen LogP contribution is 2.13. The lowest BCUT2D eigenvalue weighted by molar-refractivity contribution is -0.117. The minimum Gasteiger partial charge on any atom is -0.263 e. The van der Waals surface area contributed by atoms with E-state index in [4.69, 9.17) is 28.4 Å². The molecule has 0 rings (SSSR count). The number of nitrogens with zero attached hydrogens (tertiary/aromatic N) is 1. The number of hydrogen-bond donors (Lipinski definition) is 0. The third-order valence-corrected chi connectivity index (χ3v) is 0.481. The maximum atomic E-state index is 5.14. The fourth-order valence-electron chi connectivity index (χ4n) is 0.207. The molecule has 0 aliphatic rings. The Bertz CT molecular complexity index is 68.9. The maximum Gasteiger partial charge on any atom is 0.0846 e. The molecule has 8 heavy (non-hydrogen) atoms. The second-order valence-corrected chi connectivity index (χ2v) is 3.19. The van der Waals surface area contributed by atoms with Crippen LogP contribution >= 0.6 is 23.6 Å². The Kier molecular flexibility index (Phi) is 3.05.